The summed E-state index contributed by atoms with van der Waals surface area (Å²) in [6.07, 6.45) is 4.87. The Bertz CT molecular complexity index is 929. The number of nitrogens with one attached hydrogen (secondary N) is 1. The van der Waals surface area contributed by atoms with Crippen molar-refractivity contribution in [1.82, 2.24) is 25.0 Å². The van der Waals surface area contributed by atoms with Crippen LogP contribution in [0.1, 0.15) is 30.3 Å². The number of rotatable bonds is 4. The summed E-state index contributed by atoms with van der Waals surface area (Å²) in [7, 11) is 0. The highest BCUT2D eigenvalue weighted by atomic mass is 19.1. The van der Waals surface area contributed by atoms with Crippen molar-refractivity contribution in [1.29, 1.82) is 0 Å². The fourth-order valence-corrected chi connectivity index (χ4v) is 3.16. The van der Waals surface area contributed by atoms with Gasteiger partial charge in [0.15, 0.2) is 0 Å². The van der Waals surface area contributed by atoms with Crippen LogP contribution in [0.3, 0.4) is 0 Å². The first-order valence-corrected chi connectivity index (χ1v) is 8.53. The number of H-pyrrole nitrogens is 1. The van der Waals surface area contributed by atoms with Gasteiger partial charge in [-0.3, -0.25) is 14.7 Å². The van der Waals surface area contributed by atoms with E-state index in [1.54, 1.807) is 18.3 Å². The van der Waals surface area contributed by atoms with E-state index in [4.69, 9.17) is 4.52 Å². The summed E-state index contributed by atoms with van der Waals surface area (Å²) in [6.45, 7) is 2.19. The molecule has 1 aliphatic heterocycles. The third-order valence-corrected chi connectivity index (χ3v) is 4.64. The van der Waals surface area contributed by atoms with Crippen LogP contribution >= 0.6 is 0 Å². The Balaban J connectivity index is 1.38. The van der Waals surface area contributed by atoms with Crippen LogP contribution < -0.4 is 5.56 Å². The molecule has 0 aliphatic carbocycles. The molecular weight excluding hydrogens is 337 g/mol. The topological polar surface area (TPSA) is 87.9 Å². The number of halogens is 1. The zero-order chi connectivity index (χ0) is 17.9. The lowest BCUT2D eigenvalue weighted by Crippen LogP contribution is -2.34. The summed E-state index contributed by atoms with van der Waals surface area (Å²) < 4.78 is 18.4. The van der Waals surface area contributed by atoms with E-state index in [1.807, 2.05) is 0 Å². The average Bonchev–Trinajstić information content (AvgIpc) is 3.15. The van der Waals surface area contributed by atoms with Crippen molar-refractivity contribution >= 4 is 0 Å². The Labute approximate surface area is 148 Å². The third kappa shape index (κ3) is 3.55. The first kappa shape index (κ1) is 16.6. The number of hydrogen-bond donors (Lipinski definition) is 1. The molecular formula is C18H18FN5O2. The zero-order valence-corrected chi connectivity index (χ0v) is 14.1. The molecule has 0 bridgehead atoms. The minimum absolute atomic E-state index is 0.143. The number of benzene rings is 1. The molecule has 1 fully saturated rings. The molecule has 0 saturated carbocycles. The minimum Gasteiger partial charge on any atom is -0.339 e. The summed E-state index contributed by atoms with van der Waals surface area (Å²) in [5.74, 6) is 0.980. The van der Waals surface area contributed by atoms with Gasteiger partial charge in [-0.25, -0.2) is 4.39 Å². The maximum atomic E-state index is 13.0. The van der Waals surface area contributed by atoms with Crippen LogP contribution in [0.2, 0.25) is 0 Å². The van der Waals surface area contributed by atoms with E-state index in [0.717, 1.165) is 31.5 Å². The van der Waals surface area contributed by atoms with E-state index in [-0.39, 0.29) is 17.3 Å². The molecule has 7 nitrogen and oxygen atoms in total. The van der Waals surface area contributed by atoms with Crippen molar-refractivity contribution in [3.8, 4) is 11.4 Å². The smallest absolute Gasteiger partial charge is 0.270 e. The normalized spacial score (nSPS) is 16.0. The molecule has 1 N–H and O–H groups in total. The average molecular weight is 355 g/mol. The fourth-order valence-electron chi connectivity index (χ4n) is 3.16. The van der Waals surface area contributed by atoms with Gasteiger partial charge in [-0.2, -0.15) is 4.98 Å². The minimum atomic E-state index is -0.295. The SMILES string of the molecule is O=c1[nH]ccnc1CN1CCC(c2nc(-c3ccc(F)cc3)no2)CC1. The summed E-state index contributed by atoms with van der Waals surface area (Å²) in [4.78, 5) is 25.2. The van der Waals surface area contributed by atoms with Crippen molar-refractivity contribution in [3.63, 3.8) is 0 Å². The summed E-state index contributed by atoms with van der Waals surface area (Å²) in [5, 5.41) is 4.01. The Hall–Kier alpha value is -2.87. The largest absolute Gasteiger partial charge is 0.339 e. The second kappa shape index (κ2) is 7.17. The van der Waals surface area contributed by atoms with Gasteiger partial charge in [0.05, 0.1) is 0 Å². The van der Waals surface area contributed by atoms with Crippen LogP contribution in [0.25, 0.3) is 11.4 Å². The van der Waals surface area contributed by atoms with Crippen LogP contribution in [0.15, 0.2) is 46.0 Å². The lowest BCUT2D eigenvalue weighted by atomic mass is 9.96. The molecule has 0 radical (unpaired) electrons. The third-order valence-electron chi connectivity index (χ3n) is 4.64. The van der Waals surface area contributed by atoms with E-state index in [1.165, 1.54) is 18.3 Å². The molecule has 1 saturated heterocycles. The van der Waals surface area contributed by atoms with Crippen molar-refractivity contribution in [2.45, 2.75) is 25.3 Å². The predicted molar refractivity (Wildman–Crippen MR) is 91.8 cm³/mol. The predicted octanol–water partition coefficient (Wildman–Crippen LogP) is 2.34. The monoisotopic (exact) mass is 355 g/mol. The van der Waals surface area contributed by atoms with Crippen LogP contribution in [-0.4, -0.2) is 38.1 Å². The lowest BCUT2D eigenvalue weighted by Gasteiger charge is -2.29. The molecule has 0 spiro atoms. The molecule has 0 amide bonds. The molecule has 3 heterocycles. The van der Waals surface area contributed by atoms with E-state index in [2.05, 4.69) is 25.0 Å². The van der Waals surface area contributed by atoms with Gasteiger partial charge >= 0.3 is 0 Å². The number of piperidine rings is 1. The Morgan fingerprint density at radius 1 is 1.23 bits per heavy atom. The maximum absolute atomic E-state index is 13.0. The number of hydrogen-bond acceptors (Lipinski definition) is 6. The van der Waals surface area contributed by atoms with Crippen LogP contribution in [0.4, 0.5) is 4.39 Å². The van der Waals surface area contributed by atoms with Gasteiger partial charge in [0.1, 0.15) is 11.5 Å². The van der Waals surface area contributed by atoms with Gasteiger partial charge < -0.3 is 9.51 Å². The van der Waals surface area contributed by atoms with Gasteiger partial charge in [-0.15, -0.1) is 0 Å². The first-order valence-electron chi connectivity index (χ1n) is 8.53. The highest BCUT2D eigenvalue weighted by Gasteiger charge is 2.26. The first-order chi connectivity index (χ1) is 12.7. The lowest BCUT2D eigenvalue weighted by molar-refractivity contribution is 0.185. The molecule has 1 aliphatic rings. The van der Waals surface area contributed by atoms with Gasteiger partial charge in [-0.1, -0.05) is 5.16 Å². The van der Waals surface area contributed by atoms with Crippen LogP contribution in [0, 0.1) is 5.82 Å². The van der Waals surface area contributed by atoms with E-state index < -0.39 is 0 Å². The Morgan fingerprint density at radius 2 is 2.00 bits per heavy atom. The van der Waals surface area contributed by atoms with Crippen LogP contribution in [-0.2, 0) is 6.54 Å². The second-order valence-corrected chi connectivity index (χ2v) is 6.38. The number of nitrogens with zero attached hydrogens (tertiary/aromatic N) is 4. The molecule has 2 aromatic heterocycles. The van der Waals surface area contributed by atoms with E-state index in [9.17, 15) is 9.18 Å². The molecule has 26 heavy (non-hydrogen) atoms. The van der Waals surface area contributed by atoms with Crippen molar-refractivity contribution in [3.05, 3.63) is 64.4 Å². The van der Waals surface area contributed by atoms with E-state index >= 15 is 0 Å². The zero-order valence-electron chi connectivity index (χ0n) is 14.1. The molecule has 0 unspecified atom stereocenters. The molecule has 4 rings (SSSR count). The van der Waals surface area contributed by atoms with Crippen molar-refractivity contribution < 1.29 is 8.91 Å². The fraction of sp³-hybridized carbons (Fsp3) is 0.333. The Morgan fingerprint density at radius 3 is 2.73 bits per heavy atom. The summed E-state index contributed by atoms with van der Waals surface area (Å²) >= 11 is 0. The van der Waals surface area contributed by atoms with Gasteiger partial charge in [0.2, 0.25) is 11.7 Å². The number of likely N-dealkylation sites (tertiary alicyclic amines) is 1. The summed E-state index contributed by atoms with van der Waals surface area (Å²) in [6, 6.07) is 6.03. The van der Waals surface area contributed by atoms with Gasteiger partial charge in [-0.05, 0) is 50.2 Å². The second-order valence-electron chi connectivity index (χ2n) is 6.38. The number of aromatic nitrogens is 4. The van der Waals surface area contributed by atoms with Crippen molar-refractivity contribution in [2.24, 2.45) is 0 Å². The van der Waals surface area contributed by atoms with Gasteiger partial charge in [0, 0.05) is 30.4 Å². The molecule has 3 aromatic rings. The highest BCUT2D eigenvalue weighted by molar-refractivity contribution is 5.53. The quantitative estimate of drug-likeness (QED) is 0.773. The molecule has 134 valence electrons. The summed E-state index contributed by atoms with van der Waals surface area (Å²) in [5.41, 5.74) is 1.12. The Kier molecular flexibility index (Phi) is 4.57. The highest BCUT2D eigenvalue weighted by Crippen LogP contribution is 2.28. The standard InChI is InChI=1S/C18H18FN5O2/c19-14-3-1-12(2-4-14)16-22-18(26-23-16)13-5-9-24(10-6-13)11-15-17(25)21-8-7-20-15/h1-4,7-8,13H,5-6,9-11H2,(H,21,25). The van der Waals surface area contributed by atoms with Gasteiger partial charge in [0.25, 0.3) is 5.56 Å². The van der Waals surface area contributed by atoms with E-state index in [0.29, 0.717) is 24.0 Å². The van der Waals surface area contributed by atoms with Crippen LogP contribution in [0.5, 0.6) is 0 Å². The molecule has 0 atom stereocenters. The maximum Gasteiger partial charge on any atom is 0.270 e. The van der Waals surface area contributed by atoms with Crippen molar-refractivity contribution in [2.75, 3.05) is 13.1 Å². The molecule has 1 aromatic carbocycles. The number of aromatic amines is 1. The molecule has 8 heteroatoms.